The zero-order valence-electron chi connectivity index (χ0n) is 9.93. The third-order valence-corrected chi connectivity index (χ3v) is 4.11. The molecule has 1 aliphatic rings. The monoisotopic (exact) mass is 249 g/mol. The molecule has 17 heavy (non-hydrogen) atoms. The highest BCUT2D eigenvalue weighted by Crippen LogP contribution is 2.35. The van der Waals surface area contributed by atoms with Crippen LogP contribution in [0, 0.1) is 5.92 Å². The molecule has 0 aromatic carbocycles. The lowest BCUT2D eigenvalue weighted by Crippen LogP contribution is -2.13. The molecule has 0 radical (unpaired) electrons. The normalized spacial score (nSPS) is 25.3. The fourth-order valence-electron chi connectivity index (χ4n) is 2.74. The summed E-state index contributed by atoms with van der Waals surface area (Å²) >= 11 is 6.06. The maximum absolute atomic E-state index is 6.06. The van der Waals surface area contributed by atoms with Crippen molar-refractivity contribution in [3.05, 3.63) is 29.6 Å². The standard InChI is InChI=1S/C13H16ClN3/c1-9-2-4-10(5-3-9)13-16-8-11-12(14)15-6-7-17(11)13/h6-10H,2-5H2,1H3. The number of aromatic nitrogens is 3. The van der Waals surface area contributed by atoms with Crippen molar-refractivity contribution in [1.29, 1.82) is 0 Å². The average molecular weight is 250 g/mol. The molecule has 0 bridgehead atoms. The van der Waals surface area contributed by atoms with Crippen LogP contribution in [0.1, 0.15) is 44.3 Å². The van der Waals surface area contributed by atoms with Crippen LogP contribution in [0.25, 0.3) is 5.52 Å². The molecular formula is C13H16ClN3. The van der Waals surface area contributed by atoms with Gasteiger partial charge in [0.15, 0.2) is 5.15 Å². The van der Waals surface area contributed by atoms with Crippen molar-refractivity contribution in [1.82, 2.24) is 14.4 Å². The van der Waals surface area contributed by atoms with E-state index in [1.807, 2.05) is 12.4 Å². The van der Waals surface area contributed by atoms with Crippen LogP contribution in [0.15, 0.2) is 18.6 Å². The molecule has 90 valence electrons. The number of imidazole rings is 1. The number of nitrogens with zero attached hydrogens (tertiary/aromatic N) is 3. The summed E-state index contributed by atoms with van der Waals surface area (Å²) in [6.45, 7) is 2.33. The molecule has 1 aliphatic carbocycles. The Morgan fingerprint density at radius 3 is 2.76 bits per heavy atom. The van der Waals surface area contributed by atoms with Gasteiger partial charge in [0.1, 0.15) is 11.3 Å². The van der Waals surface area contributed by atoms with E-state index >= 15 is 0 Å². The predicted molar refractivity (Wildman–Crippen MR) is 68.4 cm³/mol. The van der Waals surface area contributed by atoms with Gasteiger partial charge in [0.2, 0.25) is 0 Å². The van der Waals surface area contributed by atoms with E-state index in [2.05, 4.69) is 21.3 Å². The number of hydrogen-bond donors (Lipinski definition) is 0. The van der Waals surface area contributed by atoms with Crippen molar-refractivity contribution < 1.29 is 0 Å². The summed E-state index contributed by atoms with van der Waals surface area (Å²) in [5.74, 6) is 2.59. The summed E-state index contributed by atoms with van der Waals surface area (Å²) in [6, 6.07) is 0. The second-order valence-corrected chi connectivity index (χ2v) is 5.40. The van der Waals surface area contributed by atoms with Gasteiger partial charge in [0.05, 0.1) is 6.20 Å². The highest BCUT2D eigenvalue weighted by Gasteiger charge is 2.23. The Morgan fingerprint density at radius 1 is 1.24 bits per heavy atom. The maximum Gasteiger partial charge on any atom is 0.154 e. The molecule has 0 N–H and O–H groups in total. The molecule has 2 heterocycles. The summed E-state index contributed by atoms with van der Waals surface area (Å²) in [7, 11) is 0. The largest absolute Gasteiger partial charge is 0.299 e. The van der Waals surface area contributed by atoms with Gasteiger partial charge >= 0.3 is 0 Å². The van der Waals surface area contributed by atoms with Crippen molar-refractivity contribution in [2.45, 2.75) is 38.5 Å². The minimum atomic E-state index is 0.537. The third-order valence-electron chi connectivity index (χ3n) is 3.82. The van der Waals surface area contributed by atoms with Crippen LogP contribution in [-0.4, -0.2) is 14.4 Å². The van der Waals surface area contributed by atoms with Crippen molar-refractivity contribution in [3.8, 4) is 0 Å². The third kappa shape index (κ3) is 1.93. The lowest BCUT2D eigenvalue weighted by molar-refractivity contribution is 0.339. The van der Waals surface area contributed by atoms with E-state index in [-0.39, 0.29) is 0 Å². The smallest absolute Gasteiger partial charge is 0.154 e. The summed E-state index contributed by atoms with van der Waals surface area (Å²) in [4.78, 5) is 8.63. The highest BCUT2D eigenvalue weighted by molar-refractivity contribution is 6.32. The van der Waals surface area contributed by atoms with Gasteiger partial charge in [0, 0.05) is 18.3 Å². The summed E-state index contributed by atoms with van der Waals surface area (Å²) in [5.41, 5.74) is 0.919. The van der Waals surface area contributed by atoms with E-state index in [1.54, 1.807) is 6.20 Å². The van der Waals surface area contributed by atoms with Gasteiger partial charge in [-0.15, -0.1) is 0 Å². The SMILES string of the molecule is CC1CCC(c2ncc3c(Cl)nccn23)CC1. The minimum Gasteiger partial charge on any atom is -0.299 e. The zero-order chi connectivity index (χ0) is 11.8. The Hall–Kier alpha value is -1.09. The summed E-state index contributed by atoms with van der Waals surface area (Å²) in [5, 5.41) is 0.537. The Bertz CT molecular complexity index is 526. The first-order valence-corrected chi connectivity index (χ1v) is 6.61. The fourth-order valence-corrected chi connectivity index (χ4v) is 2.93. The molecule has 0 spiro atoms. The maximum atomic E-state index is 6.06. The topological polar surface area (TPSA) is 30.2 Å². The molecule has 2 aromatic heterocycles. The first-order valence-electron chi connectivity index (χ1n) is 6.23. The molecule has 0 saturated heterocycles. The predicted octanol–water partition coefficient (Wildman–Crippen LogP) is 3.68. The Labute approximate surface area is 106 Å². The average Bonchev–Trinajstić information content (AvgIpc) is 2.75. The molecule has 2 aromatic rings. The van der Waals surface area contributed by atoms with Crippen LogP contribution in [0.2, 0.25) is 5.15 Å². The lowest BCUT2D eigenvalue weighted by Gasteiger charge is -2.25. The molecule has 0 aliphatic heterocycles. The van der Waals surface area contributed by atoms with Crippen molar-refractivity contribution >= 4 is 17.1 Å². The van der Waals surface area contributed by atoms with Crippen LogP contribution < -0.4 is 0 Å². The minimum absolute atomic E-state index is 0.537. The molecule has 3 nitrogen and oxygen atoms in total. The Balaban J connectivity index is 1.98. The van der Waals surface area contributed by atoms with E-state index in [4.69, 9.17) is 11.6 Å². The Kier molecular flexibility index (Phi) is 2.79. The van der Waals surface area contributed by atoms with Gasteiger partial charge < -0.3 is 0 Å². The second-order valence-electron chi connectivity index (χ2n) is 5.05. The van der Waals surface area contributed by atoms with E-state index in [1.165, 1.54) is 25.7 Å². The first-order chi connectivity index (χ1) is 8.25. The number of halogens is 1. The first kappa shape index (κ1) is 11.0. The van der Waals surface area contributed by atoms with Crippen LogP contribution in [0.4, 0.5) is 0 Å². The van der Waals surface area contributed by atoms with Gasteiger partial charge in [-0.2, -0.15) is 0 Å². The van der Waals surface area contributed by atoms with Crippen molar-refractivity contribution in [3.63, 3.8) is 0 Å². The molecule has 0 amide bonds. The van der Waals surface area contributed by atoms with Gasteiger partial charge in [-0.25, -0.2) is 9.97 Å². The second kappa shape index (κ2) is 4.30. The van der Waals surface area contributed by atoms with E-state index in [0.29, 0.717) is 11.1 Å². The molecular weight excluding hydrogens is 234 g/mol. The van der Waals surface area contributed by atoms with E-state index < -0.39 is 0 Å². The van der Waals surface area contributed by atoms with E-state index in [0.717, 1.165) is 17.3 Å². The highest BCUT2D eigenvalue weighted by atomic mass is 35.5. The molecule has 0 unspecified atom stereocenters. The summed E-state index contributed by atoms with van der Waals surface area (Å²) < 4.78 is 2.09. The number of fused-ring (bicyclic) bond motifs is 1. The van der Waals surface area contributed by atoms with Gasteiger partial charge in [-0.05, 0) is 18.8 Å². The fraction of sp³-hybridized carbons (Fsp3) is 0.538. The van der Waals surface area contributed by atoms with Crippen molar-refractivity contribution in [2.24, 2.45) is 5.92 Å². The molecule has 4 heteroatoms. The number of hydrogen-bond acceptors (Lipinski definition) is 2. The molecule has 0 atom stereocenters. The van der Waals surface area contributed by atoms with Crippen molar-refractivity contribution in [2.75, 3.05) is 0 Å². The lowest BCUT2D eigenvalue weighted by atomic mass is 9.82. The molecule has 1 saturated carbocycles. The van der Waals surface area contributed by atoms with Crippen LogP contribution in [0.5, 0.6) is 0 Å². The van der Waals surface area contributed by atoms with Crippen LogP contribution in [0.3, 0.4) is 0 Å². The van der Waals surface area contributed by atoms with Crippen LogP contribution in [-0.2, 0) is 0 Å². The molecule has 3 rings (SSSR count). The molecule has 1 fully saturated rings. The van der Waals surface area contributed by atoms with Gasteiger partial charge in [-0.3, -0.25) is 4.40 Å². The van der Waals surface area contributed by atoms with E-state index in [9.17, 15) is 0 Å². The Morgan fingerprint density at radius 2 is 2.00 bits per heavy atom. The van der Waals surface area contributed by atoms with Gasteiger partial charge in [-0.1, -0.05) is 31.4 Å². The number of rotatable bonds is 1. The zero-order valence-corrected chi connectivity index (χ0v) is 10.7. The van der Waals surface area contributed by atoms with Gasteiger partial charge in [0.25, 0.3) is 0 Å². The quantitative estimate of drug-likeness (QED) is 0.772. The summed E-state index contributed by atoms with van der Waals surface area (Å²) in [6.07, 6.45) is 10.6. The van der Waals surface area contributed by atoms with Crippen LogP contribution >= 0.6 is 11.6 Å².